The molecule has 1 aliphatic rings. The highest BCUT2D eigenvalue weighted by Gasteiger charge is 2.22. The number of morpholine rings is 1. The monoisotopic (exact) mass is 458 g/mol. The molecule has 25 heavy (non-hydrogen) atoms. The minimum absolute atomic E-state index is 0. The van der Waals surface area contributed by atoms with Crippen molar-refractivity contribution in [2.45, 2.75) is 19.9 Å². The van der Waals surface area contributed by atoms with Crippen molar-refractivity contribution in [2.75, 3.05) is 45.9 Å². The van der Waals surface area contributed by atoms with Crippen LogP contribution < -0.4 is 10.6 Å². The van der Waals surface area contributed by atoms with E-state index in [0.717, 1.165) is 45.4 Å². The molecule has 0 aromatic heterocycles. The van der Waals surface area contributed by atoms with E-state index in [1.165, 1.54) is 11.1 Å². The van der Waals surface area contributed by atoms with E-state index < -0.39 is 0 Å². The number of nitrogens with one attached hydrogen (secondary N) is 2. The largest absolute Gasteiger partial charge is 0.379 e. The number of rotatable bonds is 7. The standard InChI is InChI=1S/C19H30N4O.HI/c1-4-9-21-19(20-5-2)22-15-18(23-10-12-24-13-11-23)17-8-6-7-16(3)14-17;/h4,6-8,14,18H,1,5,9-13,15H2,2-3H3,(H2,20,21,22);1H. The summed E-state index contributed by atoms with van der Waals surface area (Å²) in [6.07, 6.45) is 1.84. The van der Waals surface area contributed by atoms with Crippen LogP contribution in [-0.2, 0) is 4.74 Å². The van der Waals surface area contributed by atoms with Gasteiger partial charge in [-0.05, 0) is 19.4 Å². The molecule has 2 N–H and O–H groups in total. The van der Waals surface area contributed by atoms with E-state index in [-0.39, 0.29) is 30.0 Å². The third-order valence-electron chi connectivity index (χ3n) is 4.09. The molecule has 5 nitrogen and oxygen atoms in total. The average molecular weight is 458 g/mol. The van der Waals surface area contributed by atoms with Gasteiger partial charge in [-0.3, -0.25) is 9.89 Å². The molecule has 1 heterocycles. The zero-order chi connectivity index (χ0) is 17.2. The molecule has 0 saturated carbocycles. The van der Waals surface area contributed by atoms with E-state index in [2.05, 4.69) is 60.2 Å². The first kappa shape index (κ1) is 21.9. The molecule has 0 bridgehead atoms. The quantitative estimate of drug-likeness (QED) is 0.286. The summed E-state index contributed by atoms with van der Waals surface area (Å²) in [5.74, 6) is 0.836. The first-order valence-electron chi connectivity index (χ1n) is 8.76. The molecule has 1 fully saturated rings. The van der Waals surface area contributed by atoms with Crippen molar-refractivity contribution in [3.63, 3.8) is 0 Å². The second kappa shape index (κ2) is 12.3. The number of hydrogen-bond donors (Lipinski definition) is 2. The summed E-state index contributed by atoms with van der Waals surface area (Å²) in [6, 6.07) is 9.00. The lowest BCUT2D eigenvalue weighted by atomic mass is 10.0. The molecule has 0 spiro atoms. The number of hydrogen-bond acceptors (Lipinski definition) is 3. The SMILES string of the molecule is C=CCNC(=NCC(c1cccc(C)c1)N1CCOCC1)NCC.I. The predicted molar refractivity (Wildman–Crippen MR) is 116 cm³/mol. The average Bonchev–Trinajstić information content (AvgIpc) is 2.61. The van der Waals surface area contributed by atoms with Gasteiger partial charge in [-0.2, -0.15) is 0 Å². The van der Waals surface area contributed by atoms with Crippen LogP contribution in [0.4, 0.5) is 0 Å². The van der Waals surface area contributed by atoms with Crippen LogP contribution in [0.15, 0.2) is 41.9 Å². The van der Waals surface area contributed by atoms with Crippen LogP contribution in [-0.4, -0.2) is 56.8 Å². The third-order valence-corrected chi connectivity index (χ3v) is 4.09. The number of aryl methyl sites for hydroxylation is 1. The van der Waals surface area contributed by atoms with Crippen molar-refractivity contribution >= 4 is 29.9 Å². The van der Waals surface area contributed by atoms with E-state index in [1.54, 1.807) is 0 Å². The number of halogens is 1. The van der Waals surface area contributed by atoms with Crippen molar-refractivity contribution in [3.05, 3.63) is 48.0 Å². The van der Waals surface area contributed by atoms with Gasteiger partial charge in [0.15, 0.2) is 5.96 Å². The maximum Gasteiger partial charge on any atom is 0.191 e. The molecule has 2 rings (SSSR count). The highest BCUT2D eigenvalue weighted by atomic mass is 127. The minimum Gasteiger partial charge on any atom is -0.379 e. The van der Waals surface area contributed by atoms with Gasteiger partial charge in [0.1, 0.15) is 0 Å². The summed E-state index contributed by atoms with van der Waals surface area (Å²) >= 11 is 0. The number of benzene rings is 1. The van der Waals surface area contributed by atoms with Gasteiger partial charge in [0.2, 0.25) is 0 Å². The second-order valence-electron chi connectivity index (χ2n) is 5.97. The van der Waals surface area contributed by atoms with E-state index in [9.17, 15) is 0 Å². The molecule has 1 aromatic rings. The van der Waals surface area contributed by atoms with Crippen molar-refractivity contribution in [1.29, 1.82) is 0 Å². The van der Waals surface area contributed by atoms with Crippen molar-refractivity contribution < 1.29 is 4.74 Å². The Kier molecular flexibility index (Phi) is 10.8. The van der Waals surface area contributed by atoms with E-state index >= 15 is 0 Å². The van der Waals surface area contributed by atoms with Crippen LogP contribution in [0.1, 0.15) is 24.1 Å². The summed E-state index contributed by atoms with van der Waals surface area (Å²) in [6.45, 7) is 13.7. The maximum atomic E-state index is 5.51. The molecular weight excluding hydrogens is 427 g/mol. The normalized spacial score (nSPS) is 16.6. The topological polar surface area (TPSA) is 48.9 Å². The Balaban J connectivity index is 0.00000312. The lowest BCUT2D eigenvalue weighted by Gasteiger charge is -2.34. The first-order valence-corrected chi connectivity index (χ1v) is 8.76. The highest BCUT2D eigenvalue weighted by Crippen LogP contribution is 2.23. The van der Waals surface area contributed by atoms with Gasteiger partial charge in [-0.25, -0.2) is 0 Å². The smallest absolute Gasteiger partial charge is 0.191 e. The highest BCUT2D eigenvalue weighted by molar-refractivity contribution is 14.0. The third kappa shape index (κ3) is 7.33. The molecule has 0 amide bonds. The van der Waals surface area contributed by atoms with E-state index in [4.69, 9.17) is 9.73 Å². The van der Waals surface area contributed by atoms with Crippen LogP contribution >= 0.6 is 24.0 Å². The Bertz CT molecular complexity index is 544. The lowest BCUT2D eigenvalue weighted by Crippen LogP contribution is -2.41. The fraction of sp³-hybridized carbons (Fsp3) is 0.526. The summed E-state index contributed by atoms with van der Waals surface area (Å²) in [5, 5.41) is 6.56. The first-order chi connectivity index (χ1) is 11.7. The summed E-state index contributed by atoms with van der Waals surface area (Å²) in [7, 11) is 0. The van der Waals surface area contributed by atoms with Gasteiger partial charge in [0, 0.05) is 26.2 Å². The molecule has 1 atom stereocenters. The van der Waals surface area contributed by atoms with Crippen LogP contribution in [0.2, 0.25) is 0 Å². The molecule has 1 saturated heterocycles. The van der Waals surface area contributed by atoms with Crippen molar-refractivity contribution in [3.8, 4) is 0 Å². The summed E-state index contributed by atoms with van der Waals surface area (Å²) in [4.78, 5) is 7.27. The molecule has 6 heteroatoms. The molecule has 1 unspecified atom stereocenters. The molecular formula is C19H31IN4O. The lowest BCUT2D eigenvalue weighted by molar-refractivity contribution is 0.0179. The van der Waals surface area contributed by atoms with E-state index in [1.807, 2.05) is 6.08 Å². The van der Waals surface area contributed by atoms with Crippen LogP contribution in [0.25, 0.3) is 0 Å². The fourth-order valence-corrected chi connectivity index (χ4v) is 2.89. The summed E-state index contributed by atoms with van der Waals surface area (Å²) < 4.78 is 5.51. The molecule has 0 radical (unpaired) electrons. The number of aliphatic imine (C=N–C) groups is 1. The van der Waals surface area contributed by atoms with Crippen molar-refractivity contribution in [2.24, 2.45) is 4.99 Å². The Labute approximate surface area is 168 Å². The Morgan fingerprint density at radius 2 is 2.12 bits per heavy atom. The fourth-order valence-electron chi connectivity index (χ4n) is 2.89. The van der Waals surface area contributed by atoms with Gasteiger partial charge in [-0.15, -0.1) is 30.6 Å². The zero-order valence-electron chi connectivity index (χ0n) is 15.3. The van der Waals surface area contributed by atoms with Gasteiger partial charge >= 0.3 is 0 Å². The van der Waals surface area contributed by atoms with E-state index in [0.29, 0.717) is 6.54 Å². The second-order valence-corrected chi connectivity index (χ2v) is 5.97. The van der Waals surface area contributed by atoms with Crippen molar-refractivity contribution in [1.82, 2.24) is 15.5 Å². The van der Waals surface area contributed by atoms with Crippen LogP contribution in [0, 0.1) is 6.92 Å². The molecule has 140 valence electrons. The van der Waals surface area contributed by atoms with Gasteiger partial charge in [-0.1, -0.05) is 35.9 Å². The van der Waals surface area contributed by atoms with Gasteiger partial charge < -0.3 is 15.4 Å². The van der Waals surface area contributed by atoms with Crippen LogP contribution in [0.3, 0.4) is 0 Å². The zero-order valence-corrected chi connectivity index (χ0v) is 17.7. The Morgan fingerprint density at radius 3 is 2.76 bits per heavy atom. The predicted octanol–water partition coefficient (Wildman–Crippen LogP) is 2.73. The van der Waals surface area contributed by atoms with Gasteiger partial charge in [0.05, 0.1) is 25.8 Å². The molecule has 1 aliphatic heterocycles. The Morgan fingerprint density at radius 1 is 1.36 bits per heavy atom. The number of nitrogens with zero attached hydrogens (tertiary/aromatic N) is 2. The van der Waals surface area contributed by atoms with Gasteiger partial charge in [0.25, 0.3) is 0 Å². The van der Waals surface area contributed by atoms with Crippen LogP contribution in [0.5, 0.6) is 0 Å². The minimum atomic E-state index is 0. The summed E-state index contributed by atoms with van der Waals surface area (Å²) in [5.41, 5.74) is 2.60. The number of ether oxygens (including phenoxy) is 1. The maximum absolute atomic E-state index is 5.51. The Hall–Kier alpha value is -1.12. The molecule has 0 aliphatic carbocycles. The number of guanidine groups is 1. The molecule has 1 aromatic carbocycles.